The van der Waals surface area contributed by atoms with E-state index in [0.717, 1.165) is 36.1 Å². The molecule has 0 aliphatic heterocycles. The van der Waals surface area contributed by atoms with Gasteiger partial charge in [0.1, 0.15) is 12.4 Å². The molecule has 2 aromatic rings. The number of ether oxygens (including phenoxy) is 1. The quantitative estimate of drug-likeness (QED) is 0.733. The minimum atomic E-state index is 0.0613. The second-order valence-electron chi connectivity index (χ2n) is 6.39. The zero-order valence-corrected chi connectivity index (χ0v) is 15.7. The molecule has 1 amide bonds. The van der Waals surface area contributed by atoms with Crippen molar-refractivity contribution >= 4 is 17.7 Å². The number of aromatic nitrogens is 3. The van der Waals surface area contributed by atoms with E-state index in [0.29, 0.717) is 18.4 Å². The normalized spacial score (nSPS) is 13.7. The van der Waals surface area contributed by atoms with E-state index in [9.17, 15) is 4.79 Å². The van der Waals surface area contributed by atoms with Crippen molar-refractivity contribution in [3.8, 4) is 5.75 Å². The number of benzene rings is 1. The van der Waals surface area contributed by atoms with Gasteiger partial charge in [0.15, 0.2) is 11.0 Å². The Kier molecular flexibility index (Phi) is 5.63. The van der Waals surface area contributed by atoms with E-state index in [4.69, 9.17) is 4.74 Å². The smallest absolute Gasteiger partial charge is 0.230 e. The highest BCUT2D eigenvalue weighted by molar-refractivity contribution is 7.99. The third kappa shape index (κ3) is 4.98. The molecule has 1 fully saturated rings. The summed E-state index contributed by atoms with van der Waals surface area (Å²) >= 11 is 1.42. The van der Waals surface area contributed by atoms with E-state index in [2.05, 4.69) is 35.4 Å². The van der Waals surface area contributed by atoms with Gasteiger partial charge in [0.2, 0.25) is 5.91 Å². The van der Waals surface area contributed by atoms with Gasteiger partial charge in [-0.3, -0.25) is 4.79 Å². The predicted molar refractivity (Wildman–Crippen MR) is 97.8 cm³/mol. The summed E-state index contributed by atoms with van der Waals surface area (Å²) in [7, 11) is 0. The van der Waals surface area contributed by atoms with Crippen LogP contribution in [0, 0.1) is 13.8 Å². The lowest BCUT2D eigenvalue weighted by molar-refractivity contribution is -0.118. The summed E-state index contributed by atoms with van der Waals surface area (Å²) in [6.45, 7) is 7.24. The number of amides is 1. The first-order valence-electron chi connectivity index (χ1n) is 8.60. The van der Waals surface area contributed by atoms with E-state index < -0.39 is 0 Å². The highest BCUT2D eigenvalue weighted by Crippen LogP contribution is 2.22. The molecule has 6 nitrogen and oxygen atoms in total. The molecule has 7 heteroatoms. The number of nitrogens with one attached hydrogen (secondary N) is 1. The summed E-state index contributed by atoms with van der Waals surface area (Å²) in [6, 6.07) is 6.52. The predicted octanol–water partition coefficient (Wildman–Crippen LogP) is 2.86. The fraction of sp³-hybridized carbons (Fsp3) is 0.500. The van der Waals surface area contributed by atoms with Crippen molar-refractivity contribution in [2.45, 2.75) is 58.0 Å². The van der Waals surface area contributed by atoms with Crippen LogP contribution in [0.2, 0.25) is 0 Å². The summed E-state index contributed by atoms with van der Waals surface area (Å²) in [5.74, 6) is 2.03. The van der Waals surface area contributed by atoms with Crippen LogP contribution in [-0.4, -0.2) is 32.5 Å². The molecule has 3 rings (SSSR count). The van der Waals surface area contributed by atoms with Gasteiger partial charge in [-0.05, 0) is 56.9 Å². The largest absolute Gasteiger partial charge is 0.486 e. The fourth-order valence-corrected chi connectivity index (χ4v) is 3.47. The van der Waals surface area contributed by atoms with Crippen LogP contribution in [0.25, 0.3) is 0 Å². The van der Waals surface area contributed by atoms with E-state index >= 15 is 0 Å². The highest BCUT2D eigenvalue weighted by atomic mass is 32.2. The van der Waals surface area contributed by atoms with Crippen LogP contribution in [0.3, 0.4) is 0 Å². The number of hydrogen-bond donors (Lipinski definition) is 1. The molecule has 0 bridgehead atoms. The lowest BCUT2D eigenvalue weighted by Gasteiger charge is -2.10. The van der Waals surface area contributed by atoms with Crippen LogP contribution in [0.15, 0.2) is 23.4 Å². The van der Waals surface area contributed by atoms with E-state index in [1.807, 2.05) is 23.6 Å². The first-order chi connectivity index (χ1) is 12.0. The van der Waals surface area contributed by atoms with Gasteiger partial charge in [0.25, 0.3) is 0 Å². The topological polar surface area (TPSA) is 69.0 Å². The molecule has 0 radical (unpaired) electrons. The van der Waals surface area contributed by atoms with Crippen molar-refractivity contribution < 1.29 is 9.53 Å². The Morgan fingerprint density at radius 2 is 2.00 bits per heavy atom. The second kappa shape index (κ2) is 7.91. The monoisotopic (exact) mass is 360 g/mol. The zero-order chi connectivity index (χ0) is 17.8. The van der Waals surface area contributed by atoms with E-state index in [1.54, 1.807) is 0 Å². The van der Waals surface area contributed by atoms with Gasteiger partial charge in [0, 0.05) is 12.6 Å². The summed E-state index contributed by atoms with van der Waals surface area (Å²) in [5.41, 5.74) is 2.34. The minimum absolute atomic E-state index is 0.0613. The highest BCUT2D eigenvalue weighted by Gasteiger charge is 2.23. The molecule has 1 aromatic carbocycles. The molecular formula is C18H24N4O2S. The Balaban J connectivity index is 1.59. The van der Waals surface area contributed by atoms with E-state index in [1.165, 1.54) is 22.9 Å². The van der Waals surface area contributed by atoms with Crippen LogP contribution in [0.5, 0.6) is 5.75 Å². The maximum Gasteiger partial charge on any atom is 0.230 e. The number of carbonyl (C=O) groups is 1. The lowest BCUT2D eigenvalue weighted by Crippen LogP contribution is -2.27. The Bertz CT molecular complexity index is 735. The molecule has 1 aliphatic rings. The number of thioether (sulfide) groups is 1. The molecule has 1 aromatic heterocycles. The summed E-state index contributed by atoms with van der Waals surface area (Å²) in [4.78, 5) is 11.8. The van der Waals surface area contributed by atoms with Crippen LogP contribution in [-0.2, 0) is 17.9 Å². The average Bonchev–Trinajstić information content (AvgIpc) is 3.28. The standard InChI is InChI=1S/C18H24N4O2S/c1-4-22-16(10-24-15-8-12(2)7-13(3)9-15)20-21-18(22)25-11-17(23)19-14-5-6-14/h7-9,14H,4-6,10-11H2,1-3H3,(H,19,23). The lowest BCUT2D eigenvalue weighted by atomic mass is 10.1. The van der Waals surface area contributed by atoms with Crippen LogP contribution in [0.4, 0.5) is 0 Å². The maximum absolute atomic E-state index is 11.8. The number of hydrogen-bond acceptors (Lipinski definition) is 5. The maximum atomic E-state index is 11.8. The van der Waals surface area contributed by atoms with Gasteiger partial charge >= 0.3 is 0 Å². The van der Waals surface area contributed by atoms with Crippen molar-refractivity contribution in [1.29, 1.82) is 0 Å². The number of rotatable bonds is 8. The number of nitrogens with zero attached hydrogens (tertiary/aromatic N) is 3. The van der Waals surface area contributed by atoms with Crippen molar-refractivity contribution in [3.63, 3.8) is 0 Å². The fourth-order valence-electron chi connectivity index (χ4n) is 2.64. The molecule has 25 heavy (non-hydrogen) atoms. The summed E-state index contributed by atoms with van der Waals surface area (Å²) < 4.78 is 7.88. The molecule has 0 saturated heterocycles. The van der Waals surface area contributed by atoms with Crippen LogP contribution < -0.4 is 10.1 Å². The third-order valence-corrected chi connectivity index (χ3v) is 4.91. The SMILES string of the molecule is CCn1c(COc2cc(C)cc(C)c2)nnc1SCC(=O)NC1CC1. The zero-order valence-electron chi connectivity index (χ0n) is 14.9. The van der Waals surface area contributed by atoms with Gasteiger partial charge < -0.3 is 14.6 Å². The molecule has 1 heterocycles. The van der Waals surface area contributed by atoms with Crippen molar-refractivity contribution in [2.24, 2.45) is 0 Å². The molecule has 1 N–H and O–H groups in total. The van der Waals surface area contributed by atoms with Gasteiger partial charge in [0.05, 0.1) is 5.75 Å². The van der Waals surface area contributed by atoms with Crippen molar-refractivity contribution in [2.75, 3.05) is 5.75 Å². The average molecular weight is 360 g/mol. The van der Waals surface area contributed by atoms with Gasteiger partial charge in [-0.25, -0.2) is 0 Å². The molecule has 0 unspecified atom stereocenters. The van der Waals surface area contributed by atoms with Gasteiger partial charge in [-0.15, -0.1) is 10.2 Å². The van der Waals surface area contributed by atoms with Crippen molar-refractivity contribution in [1.82, 2.24) is 20.1 Å². The molecule has 0 spiro atoms. The number of carbonyl (C=O) groups excluding carboxylic acids is 1. The molecule has 1 aliphatic carbocycles. The molecule has 134 valence electrons. The first-order valence-corrected chi connectivity index (χ1v) is 9.59. The molecule has 1 saturated carbocycles. The Labute approximate surface area is 152 Å². The number of aryl methyl sites for hydroxylation is 2. The summed E-state index contributed by atoms with van der Waals surface area (Å²) in [5, 5.41) is 12.2. The first kappa shape index (κ1) is 17.8. The van der Waals surface area contributed by atoms with Crippen LogP contribution >= 0.6 is 11.8 Å². The van der Waals surface area contributed by atoms with Crippen molar-refractivity contribution in [3.05, 3.63) is 35.2 Å². The molecule has 0 atom stereocenters. The Morgan fingerprint density at radius 3 is 2.64 bits per heavy atom. The molecular weight excluding hydrogens is 336 g/mol. The Morgan fingerprint density at radius 1 is 1.28 bits per heavy atom. The minimum Gasteiger partial charge on any atom is -0.486 e. The van der Waals surface area contributed by atoms with E-state index in [-0.39, 0.29) is 5.91 Å². The Hall–Kier alpha value is -2.02. The summed E-state index contributed by atoms with van der Waals surface area (Å²) in [6.07, 6.45) is 2.20. The van der Waals surface area contributed by atoms with Gasteiger partial charge in [-0.2, -0.15) is 0 Å². The van der Waals surface area contributed by atoms with Crippen LogP contribution in [0.1, 0.15) is 36.7 Å². The van der Waals surface area contributed by atoms with Gasteiger partial charge in [-0.1, -0.05) is 17.8 Å². The third-order valence-electron chi connectivity index (χ3n) is 3.95. The second-order valence-corrected chi connectivity index (χ2v) is 7.33.